The number of unbranched alkanes of at least 4 members (excludes halogenated alkanes) is 12. The summed E-state index contributed by atoms with van der Waals surface area (Å²) in [5.41, 5.74) is 15.2. The van der Waals surface area contributed by atoms with Crippen LogP contribution in [0.4, 0.5) is 0 Å². The third-order valence-corrected chi connectivity index (χ3v) is 22.5. The molecular formula is C100H118N8O4+4. The zero-order valence-corrected chi connectivity index (χ0v) is 68.8. The number of nitrogens with zero attached hydrogens (tertiary/aromatic N) is 6. The Morgan fingerprint density at radius 1 is 0.259 bits per heavy atom. The van der Waals surface area contributed by atoms with Crippen molar-refractivity contribution in [3.8, 4) is 90.3 Å². The number of nitrogens with one attached hydrogen (secondary N) is 2. The molecule has 0 saturated carbocycles. The van der Waals surface area contributed by atoms with Crippen molar-refractivity contribution in [1.82, 2.24) is 19.9 Å². The molecule has 0 saturated heterocycles. The standard InChI is InChI=1S/C100H118N8O4/c1-105(2,3)45-29-13-17-33-49-109-79-53-77(54-80(65-79)110-50-34-18-14-30-46-106(4,5)6)95-97-87-61-73-41-25-21-37-69(73)57-83(87)91(101-97)67-93-85-59-71-39-23-27-43-75(71)63-89(85)99(103-93)96(78-55-81(111-51-35-19-15-31-47-107(7,8)9)66-82(56-78)112-52-36-20-16-32-48-108(10,11)12)100-90-64-76-44-28-24-40-72(76)60-86(90)94(104-100)68-92-84-58-70-38-22-26-42-74(70)62-88(84)98(95)102-92/h21-28,37-44,53-68,101,104H,13-20,29-36,45-52H2,1-12H3/q+4. The molecule has 12 nitrogen and oxygen atoms in total. The molecule has 15 rings (SSSR count). The maximum absolute atomic E-state index is 7.01. The zero-order chi connectivity index (χ0) is 77.7. The van der Waals surface area contributed by atoms with Gasteiger partial charge >= 0.3 is 0 Å². The quantitative estimate of drug-likeness (QED) is 0.0308. The van der Waals surface area contributed by atoms with E-state index in [9.17, 15) is 0 Å². The summed E-state index contributed by atoms with van der Waals surface area (Å²) in [7, 11) is 27.4. The van der Waals surface area contributed by atoms with Crippen LogP contribution in [0.5, 0.6) is 23.0 Å². The molecule has 13 aromatic rings. The van der Waals surface area contributed by atoms with Crippen molar-refractivity contribution in [3.63, 3.8) is 0 Å². The van der Waals surface area contributed by atoms with Crippen molar-refractivity contribution < 1.29 is 36.9 Å². The molecule has 8 bridgehead atoms. The Kier molecular flexibility index (Phi) is 23.0. The maximum Gasteiger partial charge on any atom is 0.123 e. The SMILES string of the molecule is C[N+](C)(C)CCCCCCOc1cc(OCCCCCC[N+](C)(C)C)cc(-c2c3nc(cc4[nH]c(c(-c5cc(OCCCCCC[N+](C)(C)C)cc(OCCCCCC[N+](C)(C)C)c5)c5nc(cc6[nH]c2c2cc7ccccc7cc62)-c2cc6ccccc6cc2-5)c2cc5ccccc5cc42)-c2cc4ccccc4cc2-3)c1. The molecule has 112 heavy (non-hydrogen) atoms. The number of benzene rings is 10. The highest BCUT2D eigenvalue weighted by atomic mass is 16.5. The Morgan fingerprint density at radius 2 is 0.509 bits per heavy atom. The van der Waals surface area contributed by atoms with Crippen LogP contribution in [0.25, 0.3) is 154 Å². The summed E-state index contributed by atoms with van der Waals surface area (Å²) in [6, 6.07) is 72.0. The lowest BCUT2D eigenvalue weighted by molar-refractivity contribution is -0.870. The van der Waals surface area contributed by atoms with Crippen LogP contribution < -0.4 is 18.9 Å². The predicted octanol–water partition coefficient (Wildman–Crippen LogP) is 23.8. The molecule has 12 heteroatoms. The Bertz CT molecular complexity index is 5320. The molecule has 3 aromatic heterocycles. The number of hydrogen-bond donors (Lipinski definition) is 2. The van der Waals surface area contributed by atoms with E-state index in [1.807, 2.05) is 0 Å². The zero-order valence-electron chi connectivity index (χ0n) is 68.8. The summed E-state index contributed by atoms with van der Waals surface area (Å²) in [5.74, 6) is 3.11. The molecule has 0 spiro atoms. The third kappa shape index (κ3) is 18.5. The van der Waals surface area contributed by atoms with Gasteiger partial charge in [0, 0.05) is 78.1 Å². The maximum atomic E-state index is 7.01. The molecule has 0 amide bonds. The molecule has 0 fully saturated rings. The van der Waals surface area contributed by atoms with Crippen molar-refractivity contribution in [3.05, 3.63) is 194 Å². The van der Waals surface area contributed by atoms with E-state index in [2.05, 4.69) is 289 Å². The van der Waals surface area contributed by atoms with E-state index in [0.29, 0.717) is 26.4 Å². The van der Waals surface area contributed by atoms with E-state index in [-0.39, 0.29) is 0 Å². The number of H-pyrrole nitrogens is 2. The van der Waals surface area contributed by atoms with Gasteiger partial charge < -0.3 is 46.8 Å². The highest BCUT2D eigenvalue weighted by molar-refractivity contribution is 6.21. The molecule has 2 aliphatic heterocycles. The van der Waals surface area contributed by atoms with Gasteiger partial charge in [-0.3, -0.25) is 0 Å². The van der Waals surface area contributed by atoms with Gasteiger partial charge in [-0.1, -0.05) is 97.1 Å². The topological polar surface area (TPSA) is 94.3 Å². The molecule has 578 valence electrons. The smallest absolute Gasteiger partial charge is 0.123 e. The average Bonchev–Trinajstić information content (AvgIpc) is 1.56. The van der Waals surface area contributed by atoms with Crippen molar-refractivity contribution in [1.29, 1.82) is 0 Å². The number of fused-ring (bicyclic) bond motifs is 24. The summed E-state index contributed by atoms with van der Waals surface area (Å²) in [6.07, 6.45) is 17.6. The Labute approximate surface area is 664 Å². The molecule has 0 atom stereocenters. The minimum Gasteiger partial charge on any atom is -0.493 e. The number of aromatic amines is 2. The van der Waals surface area contributed by atoms with Gasteiger partial charge in [-0.2, -0.15) is 0 Å². The van der Waals surface area contributed by atoms with Crippen LogP contribution in [-0.4, -0.2) is 175 Å². The molecule has 0 unspecified atom stereocenters. The van der Waals surface area contributed by atoms with Crippen LogP contribution in [0.15, 0.2) is 194 Å². The van der Waals surface area contributed by atoms with Crippen molar-refractivity contribution >= 4 is 86.7 Å². The van der Waals surface area contributed by atoms with Crippen molar-refractivity contribution in [2.75, 3.05) is 137 Å². The fraction of sp³-hybridized carbons (Fsp3) is 0.360. The van der Waals surface area contributed by atoms with E-state index in [1.165, 1.54) is 25.7 Å². The van der Waals surface area contributed by atoms with Crippen LogP contribution >= 0.6 is 0 Å². The van der Waals surface area contributed by atoms with Gasteiger partial charge in [-0.05, 0) is 242 Å². The second-order valence-corrected chi connectivity index (χ2v) is 36.0. The Hall–Kier alpha value is -10.1. The van der Waals surface area contributed by atoms with Gasteiger partial charge in [0.15, 0.2) is 0 Å². The highest BCUT2D eigenvalue weighted by Gasteiger charge is 2.29. The van der Waals surface area contributed by atoms with Gasteiger partial charge in [-0.15, -0.1) is 0 Å². The van der Waals surface area contributed by atoms with E-state index >= 15 is 0 Å². The normalized spacial score (nSPS) is 12.6. The lowest BCUT2D eigenvalue weighted by atomic mass is 9.93. The summed E-state index contributed by atoms with van der Waals surface area (Å²) in [4.78, 5) is 20.8. The third-order valence-electron chi connectivity index (χ3n) is 22.5. The lowest BCUT2D eigenvalue weighted by Crippen LogP contribution is -2.35. The number of rotatable bonds is 34. The lowest BCUT2D eigenvalue weighted by Gasteiger charge is -2.23. The second kappa shape index (κ2) is 33.3. The van der Waals surface area contributed by atoms with Crippen LogP contribution in [0.3, 0.4) is 0 Å². The molecule has 2 N–H and O–H groups in total. The van der Waals surface area contributed by atoms with Gasteiger partial charge in [-0.25, -0.2) is 9.97 Å². The predicted molar refractivity (Wildman–Crippen MR) is 473 cm³/mol. The number of aromatic nitrogens is 4. The first-order valence-corrected chi connectivity index (χ1v) is 41.5. The van der Waals surface area contributed by atoms with Gasteiger partial charge in [0.05, 0.1) is 171 Å². The van der Waals surface area contributed by atoms with Crippen LogP contribution in [-0.2, 0) is 0 Å². The van der Waals surface area contributed by atoms with Crippen LogP contribution in [0, 0.1) is 0 Å². The second-order valence-electron chi connectivity index (χ2n) is 36.0. The van der Waals surface area contributed by atoms with E-state index in [1.54, 1.807) is 0 Å². The Balaban J connectivity index is 1.01. The fourth-order valence-electron chi connectivity index (χ4n) is 16.6. The monoisotopic (exact) mass is 1490 g/mol. The molecule has 0 aliphatic carbocycles. The minimum absolute atomic E-state index is 0.593. The molecular weight excluding hydrogens is 1380 g/mol. The summed E-state index contributed by atoms with van der Waals surface area (Å²) >= 11 is 0. The van der Waals surface area contributed by atoms with E-state index in [0.717, 1.165) is 298 Å². The van der Waals surface area contributed by atoms with E-state index in [4.69, 9.17) is 28.9 Å². The fourth-order valence-corrected chi connectivity index (χ4v) is 16.6. The Morgan fingerprint density at radius 3 is 0.786 bits per heavy atom. The van der Waals surface area contributed by atoms with Crippen LogP contribution in [0.2, 0.25) is 0 Å². The minimum atomic E-state index is 0.593. The number of hydrogen-bond acceptors (Lipinski definition) is 6. The first-order chi connectivity index (χ1) is 54.0. The number of ether oxygens (including phenoxy) is 4. The molecule has 2 aliphatic rings. The number of quaternary nitrogens is 4. The molecule has 0 radical (unpaired) electrons. The summed E-state index contributed by atoms with van der Waals surface area (Å²) in [5, 5.41) is 13.4. The summed E-state index contributed by atoms with van der Waals surface area (Å²) in [6.45, 7) is 6.97. The van der Waals surface area contributed by atoms with Crippen LogP contribution in [0.1, 0.15) is 103 Å². The van der Waals surface area contributed by atoms with Crippen molar-refractivity contribution in [2.45, 2.75) is 103 Å². The first kappa shape index (κ1) is 77.2. The van der Waals surface area contributed by atoms with Gasteiger partial charge in [0.1, 0.15) is 23.0 Å². The van der Waals surface area contributed by atoms with Gasteiger partial charge in [0.2, 0.25) is 0 Å². The highest BCUT2D eigenvalue weighted by Crippen LogP contribution is 2.51. The largest absolute Gasteiger partial charge is 0.493 e. The molecule has 5 heterocycles. The first-order valence-electron chi connectivity index (χ1n) is 41.5. The van der Waals surface area contributed by atoms with E-state index < -0.39 is 0 Å². The molecule has 10 aromatic carbocycles. The average molecular weight is 1500 g/mol. The van der Waals surface area contributed by atoms with Gasteiger partial charge in [0.25, 0.3) is 0 Å². The summed E-state index contributed by atoms with van der Waals surface area (Å²) < 4.78 is 31.9. The van der Waals surface area contributed by atoms with Crippen molar-refractivity contribution in [2.24, 2.45) is 0 Å².